The van der Waals surface area contributed by atoms with Gasteiger partial charge in [0, 0.05) is 42.1 Å². The van der Waals surface area contributed by atoms with Crippen molar-refractivity contribution in [2.24, 2.45) is 5.90 Å². The van der Waals surface area contributed by atoms with Crippen LogP contribution in [0.4, 0.5) is 17.6 Å². The lowest BCUT2D eigenvalue weighted by Crippen LogP contribution is -2.35. The van der Waals surface area contributed by atoms with Gasteiger partial charge >= 0.3 is 12.1 Å². The standard InChI is InChI=1S/C30H29ClF4N8O3.C2H6/c31-21-3-1-20(24(32)12-21)16-45-28-7-10-43(39-28)22-5-8-40(9-6-22)15-27-38-25-4-2-19(29(44)46-36)11-26(25)42(27)14-23-13-37-18-41(23)17-30(33,34)35;1-2/h1-4,7,10-13,18,22H,5-6,8-9,14-17,36H2;1-2H3. The highest BCUT2D eigenvalue weighted by atomic mass is 35.5. The van der Waals surface area contributed by atoms with Crippen LogP contribution in [-0.2, 0) is 31.1 Å². The Bertz CT molecular complexity index is 1850. The van der Waals surface area contributed by atoms with E-state index in [4.69, 9.17) is 27.2 Å². The maximum atomic E-state index is 14.1. The molecule has 0 radical (unpaired) electrons. The van der Waals surface area contributed by atoms with E-state index in [-0.39, 0.29) is 24.8 Å². The van der Waals surface area contributed by atoms with Gasteiger partial charge in [0.2, 0.25) is 5.88 Å². The molecule has 0 saturated carbocycles. The van der Waals surface area contributed by atoms with Crippen LogP contribution in [0.2, 0.25) is 5.02 Å². The van der Waals surface area contributed by atoms with Crippen LogP contribution in [0, 0.1) is 5.82 Å². The summed E-state index contributed by atoms with van der Waals surface area (Å²) in [6, 6.07) is 11.0. The lowest BCUT2D eigenvalue weighted by molar-refractivity contribution is -0.141. The van der Waals surface area contributed by atoms with E-state index in [1.807, 2.05) is 24.7 Å². The molecule has 0 bridgehead atoms. The number of carbonyl (C=O) groups excluding carboxylic acids is 1. The van der Waals surface area contributed by atoms with Gasteiger partial charge in [0.05, 0.1) is 47.7 Å². The molecule has 1 fully saturated rings. The van der Waals surface area contributed by atoms with E-state index in [1.165, 1.54) is 18.3 Å². The Balaban J connectivity index is 0.00000221. The van der Waals surface area contributed by atoms with Crippen molar-refractivity contribution in [2.45, 2.75) is 65.1 Å². The van der Waals surface area contributed by atoms with Gasteiger partial charge in [0.1, 0.15) is 24.8 Å². The monoisotopic (exact) mass is 690 g/mol. The number of nitrogens with zero attached hydrogens (tertiary/aromatic N) is 7. The molecule has 1 aliphatic heterocycles. The summed E-state index contributed by atoms with van der Waals surface area (Å²) >= 11 is 5.82. The summed E-state index contributed by atoms with van der Waals surface area (Å²) < 4.78 is 64.1. The fourth-order valence-electron chi connectivity index (χ4n) is 5.58. The Kier molecular flexibility index (Phi) is 11.0. The first-order valence-electron chi connectivity index (χ1n) is 15.4. The van der Waals surface area contributed by atoms with E-state index in [1.54, 1.807) is 34.9 Å². The van der Waals surface area contributed by atoms with E-state index in [2.05, 4.69) is 19.8 Å². The number of hydrogen-bond acceptors (Lipinski definition) is 8. The number of carbonyl (C=O) groups is 1. The summed E-state index contributed by atoms with van der Waals surface area (Å²) in [5, 5.41) is 4.84. The van der Waals surface area contributed by atoms with Crippen LogP contribution < -0.4 is 10.6 Å². The maximum Gasteiger partial charge on any atom is 0.406 e. The molecule has 0 unspecified atom stereocenters. The molecule has 0 spiro atoms. The van der Waals surface area contributed by atoms with Crippen LogP contribution in [0.15, 0.2) is 61.2 Å². The van der Waals surface area contributed by atoms with Crippen molar-refractivity contribution in [3.05, 3.63) is 94.7 Å². The van der Waals surface area contributed by atoms with Gasteiger partial charge in [-0.2, -0.15) is 19.1 Å². The Morgan fingerprint density at radius 2 is 1.85 bits per heavy atom. The van der Waals surface area contributed by atoms with Gasteiger partial charge in [-0.05, 0) is 43.2 Å². The average molecular weight is 691 g/mol. The van der Waals surface area contributed by atoms with Crippen LogP contribution >= 0.6 is 11.6 Å². The predicted octanol–water partition coefficient (Wildman–Crippen LogP) is 6.31. The van der Waals surface area contributed by atoms with Crippen molar-refractivity contribution in [1.29, 1.82) is 0 Å². The van der Waals surface area contributed by atoms with Gasteiger partial charge in [0.15, 0.2) is 0 Å². The smallest absolute Gasteiger partial charge is 0.406 e. The summed E-state index contributed by atoms with van der Waals surface area (Å²) in [6.07, 6.45) is 1.50. The molecule has 0 aliphatic carbocycles. The van der Waals surface area contributed by atoms with E-state index in [0.29, 0.717) is 58.7 Å². The van der Waals surface area contributed by atoms with Crippen molar-refractivity contribution in [3.8, 4) is 5.88 Å². The number of ether oxygens (including phenoxy) is 1. The average Bonchev–Trinajstić information content (AvgIpc) is 3.80. The van der Waals surface area contributed by atoms with Crippen LogP contribution in [0.1, 0.15) is 60.2 Å². The zero-order valence-electron chi connectivity index (χ0n) is 26.3. The normalized spacial score (nSPS) is 14.2. The van der Waals surface area contributed by atoms with E-state index >= 15 is 0 Å². The van der Waals surface area contributed by atoms with Crippen molar-refractivity contribution in [3.63, 3.8) is 0 Å². The number of halogens is 5. The fourth-order valence-corrected chi connectivity index (χ4v) is 5.73. The van der Waals surface area contributed by atoms with Gasteiger partial charge in [-0.15, -0.1) is 5.10 Å². The lowest BCUT2D eigenvalue weighted by Gasteiger charge is -2.31. The molecular formula is C32H35ClF4N8O3. The minimum atomic E-state index is -4.42. The van der Waals surface area contributed by atoms with E-state index < -0.39 is 24.5 Å². The second-order valence-corrected chi connectivity index (χ2v) is 11.5. The number of likely N-dealkylation sites (tertiary alicyclic amines) is 1. The van der Waals surface area contributed by atoms with E-state index in [0.717, 1.165) is 23.7 Å². The Hall–Kier alpha value is -4.47. The number of imidazole rings is 2. The molecule has 2 N–H and O–H groups in total. The third kappa shape index (κ3) is 8.32. The quantitative estimate of drug-likeness (QED) is 0.134. The molecular weight excluding hydrogens is 656 g/mol. The minimum absolute atomic E-state index is 0.0192. The number of rotatable bonds is 10. The fraction of sp³-hybridized carbons (Fsp3) is 0.375. The van der Waals surface area contributed by atoms with Gasteiger partial charge in [0.25, 0.3) is 0 Å². The first kappa shape index (κ1) is 34.9. The van der Waals surface area contributed by atoms with Crippen molar-refractivity contribution in [1.82, 2.24) is 33.8 Å². The second kappa shape index (κ2) is 15.2. The number of piperidine rings is 1. The second-order valence-electron chi connectivity index (χ2n) is 11.0. The van der Waals surface area contributed by atoms with Crippen molar-refractivity contribution in [2.75, 3.05) is 13.1 Å². The molecule has 16 heteroatoms. The highest BCUT2D eigenvalue weighted by Crippen LogP contribution is 2.27. The number of aromatic nitrogens is 6. The largest absolute Gasteiger partial charge is 0.472 e. The minimum Gasteiger partial charge on any atom is -0.472 e. The Morgan fingerprint density at radius 1 is 1.08 bits per heavy atom. The van der Waals surface area contributed by atoms with Crippen molar-refractivity contribution >= 4 is 28.6 Å². The van der Waals surface area contributed by atoms with Crippen LogP contribution in [0.5, 0.6) is 5.88 Å². The maximum absolute atomic E-state index is 14.1. The topological polar surface area (TPSA) is 118 Å². The van der Waals surface area contributed by atoms with E-state index in [9.17, 15) is 22.4 Å². The summed E-state index contributed by atoms with van der Waals surface area (Å²) in [5.74, 6) is 4.89. The summed E-state index contributed by atoms with van der Waals surface area (Å²) in [5.41, 5.74) is 2.02. The van der Waals surface area contributed by atoms with Gasteiger partial charge in [-0.3, -0.25) is 9.58 Å². The zero-order valence-corrected chi connectivity index (χ0v) is 27.1. The third-order valence-corrected chi connectivity index (χ3v) is 8.14. The number of hydrogen-bond donors (Lipinski definition) is 1. The molecule has 2 aromatic carbocycles. The molecule has 0 amide bonds. The van der Waals surface area contributed by atoms with Crippen LogP contribution in [-0.4, -0.2) is 59.0 Å². The molecule has 48 heavy (non-hydrogen) atoms. The predicted molar refractivity (Wildman–Crippen MR) is 170 cm³/mol. The third-order valence-electron chi connectivity index (χ3n) is 7.91. The first-order valence-corrected chi connectivity index (χ1v) is 15.7. The first-order chi connectivity index (χ1) is 23.1. The summed E-state index contributed by atoms with van der Waals surface area (Å²) in [4.78, 5) is 27.4. The highest BCUT2D eigenvalue weighted by molar-refractivity contribution is 6.30. The van der Waals surface area contributed by atoms with Crippen LogP contribution in [0.25, 0.3) is 11.0 Å². The molecule has 5 aromatic rings. The SMILES string of the molecule is CC.NOC(=O)c1ccc2nc(CN3CCC(n4ccc(OCc5ccc(Cl)cc5F)n4)CC3)n(Cc3cncn3CC(F)(F)F)c2c1. The molecule has 0 atom stereocenters. The molecule has 1 aliphatic rings. The van der Waals surface area contributed by atoms with Crippen molar-refractivity contribution < 1.29 is 31.9 Å². The number of benzene rings is 2. The summed E-state index contributed by atoms with van der Waals surface area (Å²) in [6.45, 7) is 4.72. The molecule has 11 nitrogen and oxygen atoms in total. The number of alkyl halides is 3. The Morgan fingerprint density at radius 3 is 2.56 bits per heavy atom. The molecule has 1 saturated heterocycles. The lowest BCUT2D eigenvalue weighted by atomic mass is 10.1. The van der Waals surface area contributed by atoms with Gasteiger partial charge in [-0.25, -0.2) is 19.2 Å². The highest BCUT2D eigenvalue weighted by Gasteiger charge is 2.29. The number of fused-ring (bicyclic) bond motifs is 1. The molecule has 3 aromatic heterocycles. The molecule has 6 rings (SSSR count). The summed E-state index contributed by atoms with van der Waals surface area (Å²) in [7, 11) is 0. The molecule has 4 heterocycles. The zero-order chi connectivity index (χ0) is 34.4. The number of nitrogens with two attached hydrogens (primary N) is 1. The van der Waals surface area contributed by atoms with Gasteiger partial charge in [-0.1, -0.05) is 31.5 Å². The van der Waals surface area contributed by atoms with Crippen LogP contribution in [0.3, 0.4) is 0 Å². The molecule has 256 valence electrons. The van der Waals surface area contributed by atoms with Gasteiger partial charge < -0.3 is 18.7 Å². The Labute approximate surface area is 278 Å².